The molecule has 0 aliphatic heterocycles. The third-order valence-electron chi connectivity index (χ3n) is 2.05. The zero-order valence-electron chi connectivity index (χ0n) is 8.21. The third kappa shape index (κ3) is 1.85. The van der Waals surface area contributed by atoms with Gasteiger partial charge in [-0.2, -0.15) is 0 Å². The van der Waals surface area contributed by atoms with Gasteiger partial charge in [0.1, 0.15) is 5.69 Å². The van der Waals surface area contributed by atoms with Gasteiger partial charge in [0.25, 0.3) is 0 Å². The number of carbonyl (C=O) groups is 1. The number of nitrogens with zero attached hydrogens (tertiary/aromatic N) is 3. The van der Waals surface area contributed by atoms with E-state index in [1.54, 1.807) is 36.1 Å². The standard InChI is InChI=1S/C10H10N4O/c1-14-6-9(12-13-14)7-3-2-4-8(5-7)10(11)15/h2-6H,1H3,(H2,11,15). The number of rotatable bonds is 2. The molecule has 0 spiro atoms. The topological polar surface area (TPSA) is 73.8 Å². The van der Waals surface area contributed by atoms with E-state index in [1.807, 2.05) is 6.07 Å². The van der Waals surface area contributed by atoms with E-state index >= 15 is 0 Å². The molecule has 0 aliphatic rings. The predicted octanol–water partition coefficient (Wildman–Crippen LogP) is 0.581. The van der Waals surface area contributed by atoms with E-state index < -0.39 is 5.91 Å². The first kappa shape index (κ1) is 9.39. The second-order valence-electron chi connectivity index (χ2n) is 3.22. The van der Waals surface area contributed by atoms with Gasteiger partial charge < -0.3 is 5.73 Å². The molecular formula is C10H10N4O. The number of carbonyl (C=O) groups excluding carboxylic acids is 1. The molecule has 2 rings (SSSR count). The van der Waals surface area contributed by atoms with Crippen LogP contribution in [0.25, 0.3) is 11.3 Å². The lowest BCUT2D eigenvalue weighted by atomic mass is 10.1. The molecule has 0 bridgehead atoms. The Hall–Kier alpha value is -2.17. The molecule has 1 aromatic carbocycles. The second kappa shape index (κ2) is 3.53. The van der Waals surface area contributed by atoms with Crippen LogP contribution in [-0.4, -0.2) is 20.9 Å². The molecule has 0 unspecified atom stereocenters. The molecule has 0 saturated heterocycles. The Morgan fingerprint density at radius 3 is 2.87 bits per heavy atom. The summed E-state index contributed by atoms with van der Waals surface area (Å²) in [5.41, 5.74) is 7.21. The summed E-state index contributed by atoms with van der Waals surface area (Å²) in [4.78, 5) is 11.0. The van der Waals surface area contributed by atoms with E-state index in [9.17, 15) is 4.79 Å². The summed E-state index contributed by atoms with van der Waals surface area (Å²) >= 11 is 0. The zero-order chi connectivity index (χ0) is 10.8. The first-order valence-corrected chi connectivity index (χ1v) is 4.43. The number of hydrogen-bond donors (Lipinski definition) is 1. The number of aryl methyl sites for hydroxylation is 1. The molecular weight excluding hydrogens is 192 g/mol. The first-order valence-electron chi connectivity index (χ1n) is 4.43. The lowest BCUT2D eigenvalue weighted by Crippen LogP contribution is -2.10. The van der Waals surface area contributed by atoms with Crippen LogP contribution in [0.5, 0.6) is 0 Å². The van der Waals surface area contributed by atoms with Crippen LogP contribution in [0, 0.1) is 0 Å². The molecule has 76 valence electrons. The van der Waals surface area contributed by atoms with Crippen LogP contribution in [0.4, 0.5) is 0 Å². The Labute approximate surface area is 86.5 Å². The first-order chi connectivity index (χ1) is 7.16. The Morgan fingerprint density at radius 1 is 1.47 bits per heavy atom. The van der Waals surface area contributed by atoms with Crippen LogP contribution < -0.4 is 5.73 Å². The van der Waals surface area contributed by atoms with Gasteiger partial charge in [0, 0.05) is 18.2 Å². The lowest BCUT2D eigenvalue weighted by Gasteiger charge is -1.98. The minimum Gasteiger partial charge on any atom is -0.366 e. The minimum atomic E-state index is -0.444. The van der Waals surface area contributed by atoms with Gasteiger partial charge in [-0.05, 0) is 12.1 Å². The monoisotopic (exact) mass is 202 g/mol. The number of nitrogens with two attached hydrogens (primary N) is 1. The van der Waals surface area contributed by atoms with Crippen LogP contribution in [0.2, 0.25) is 0 Å². The van der Waals surface area contributed by atoms with Gasteiger partial charge >= 0.3 is 0 Å². The van der Waals surface area contributed by atoms with E-state index in [-0.39, 0.29) is 0 Å². The smallest absolute Gasteiger partial charge is 0.248 e. The average Bonchev–Trinajstić information content (AvgIpc) is 2.65. The van der Waals surface area contributed by atoms with Gasteiger partial charge in [-0.1, -0.05) is 17.3 Å². The molecule has 0 saturated carbocycles. The maximum atomic E-state index is 11.0. The third-order valence-corrected chi connectivity index (χ3v) is 2.05. The van der Waals surface area contributed by atoms with Gasteiger partial charge in [-0.15, -0.1) is 5.10 Å². The van der Waals surface area contributed by atoms with Crippen LogP contribution in [0.3, 0.4) is 0 Å². The summed E-state index contributed by atoms with van der Waals surface area (Å²) in [7, 11) is 1.79. The van der Waals surface area contributed by atoms with Gasteiger partial charge in [-0.25, -0.2) is 0 Å². The fourth-order valence-electron chi connectivity index (χ4n) is 1.31. The normalized spacial score (nSPS) is 10.2. The van der Waals surface area contributed by atoms with Crippen LogP contribution >= 0.6 is 0 Å². The highest BCUT2D eigenvalue weighted by Gasteiger charge is 2.05. The number of hydrogen-bond acceptors (Lipinski definition) is 3. The van der Waals surface area contributed by atoms with Gasteiger partial charge in [0.2, 0.25) is 5.91 Å². The minimum absolute atomic E-state index is 0.444. The van der Waals surface area contributed by atoms with Crippen molar-refractivity contribution < 1.29 is 4.79 Å². The number of aromatic nitrogens is 3. The Bertz CT molecular complexity index is 504. The zero-order valence-corrected chi connectivity index (χ0v) is 8.21. The summed E-state index contributed by atoms with van der Waals surface area (Å²) < 4.78 is 1.60. The maximum Gasteiger partial charge on any atom is 0.248 e. The fraction of sp³-hybridized carbons (Fsp3) is 0.100. The molecule has 15 heavy (non-hydrogen) atoms. The largest absolute Gasteiger partial charge is 0.366 e. The molecule has 5 nitrogen and oxygen atoms in total. The van der Waals surface area contributed by atoms with Crippen molar-refractivity contribution in [1.29, 1.82) is 0 Å². The van der Waals surface area contributed by atoms with Crippen molar-refractivity contribution in [3.8, 4) is 11.3 Å². The van der Waals surface area contributed by atoms with E-state index in [1.165, 1.54) is 0 Å². The van der Waals surface area contributed by atoms with Crippen LogP contribution in [0.15, 0.2) is 30.5 Å². The molecule has 5 heteroatoms. The number of amides is 1. The van der Waals surface area contributed by atoms with E-state index in [2.05, 4.69) is 10.3 Å². The highest BCUT2D eigenvalue weighted by Crippen LogP contribution is 2.16. The van der Waals surface area contributed by atoms with E-state index in [0.717, 1.165) is 11.3 Å². The van der Waals surface area contributed by atoms with Crippen molar-refractivity contribution in [2.75, 3.05) is 0 Å². The van der Waals surface area contributed by atoms with Gasteiger partial charge in [0.15, 0.2) is 0 Å². The molecule has 0 atom stereocenters. The Morgan fingerprint density at radius 2 is 2.27 bits per heavy atom. The van der Waals surface area contributed by atoms with Crippen molar-refractivity contribution in [2.24, 2.45) is 12.8 Å². The lowest BCUT2D eigenvalue weighted by molar-refractivity contribution is 0.100. The molecule has 0 fully saturated rings. The molecule has 2 N–H and O–H groups in total. The van der Waals surface area contributed by atoms with Crippen LogP contribution in [0.1, 0.15) is 10.4 Å². The van der Waals surface area contributed by atoms with Gasteiger partial charge in [0.05, 0.1) is 6.20 Å². The van der Waals surface area contributed by atoms with Crippen molar-refractivity contribution in [3.05, 3.63) is 36.0 Å². The predicted molar refractivity (Wildman–Crippen MR) is 55.0 cm³/mol. The summed E-state index contributed by atoms with van der Waals surface area (Å²) in [5.74, 6) is -0.444. The number of benzene rings is 1. The number of primary amides is 1. The average molecular weight is 202 g/mol. The summed E-state index contributed by atoms with van der Waals surface area (Å²) in [6.45, 7) is 0. The van der Waals surface area contributed by atoms with Crippen molar-refractivity contribution in [2.45, 2.75) is 0 Å². The molecule has 1 amide bonds. The van der Waals surface area contributed by atoms with Crippen molar-refractivity contribution >= 4 is 5.91 Å². The quantitative estimate of drug-likeness (QED) is 0.774. The summed E-state index contributed by atoms with van der Waals surface area (Å²) in [5, 5.41) is 7.77. The molecule has 0 radical (unpaired) electrons. The maximum absolute atomic E-state index is 11.0. The van der Waals surface area contributed by atoms with E-state index in [0.29, 0.717) is 5.56 Å². The Kier molecular flexibility index (Phi) is 2.21. The van der Waals surface area contributed by atoms with E-state index in [4.69, 9.17) is 5.73 Å². The van der Waals surface area contributed by atoms with Crippen molar-refractivity contribution in [3.63, 3.8) is 0 Å². The molecule has 1 heterocycles. The van der Waals surface area contributed by atoms with Crippen LogP contribution in [-0.2, 0) is 7.05 Å². The molecule has 0 aliphatic carbocycles. The molecule has 1 aromatic heterocycles. The highest BCUT2D eigenvalue weighted by molar-refractivity contribution is 5.93. The summed E-state index contributed by atoms with van der Waals surface area (Å²) in [6, 6.07) is 7.00. The molecule has 2 aromatic rings. The van der Waals surface area contributed by atoms with Gasteiger partial charge in [-0.3, -0.25) is 9.48 Å². The highest BCUT2D eigenvalue weighted by atomic mass is 16.1. The second-order valence-corrected chi connectivity index (χ2v) is 3.22. The Balaban J connectivity index is 2.45. The SMILES string of the molecule is Cn1cc(-c2cccc(C(N)=O)c2)nn1. The summed E-state index contributed by atoms with van der Waals surface area (Å²) in [6.07, 6.45) is 1.78. The van der Waals surface area contributed by atoms with Crippen molar-refractivity contribution in [1.82, 2.24) is 15.0 Å². The fourth-order valence-corrected chi connectivity index (χ4v) is 1.31.